The van der Waals surface area contributed by atoms with Crippen LogP contribution in [0.2, 0.25) is 0 Å². The number of hydrogen-bond donors (Lipinski definition) is 3. The summed E-state index contributed by atoms with van der Waals surface area (Å²) >= 11 is 0. The van der Waals surface area contributed by atoms with E-state index in [4.69, 9.17) is 10.2 Å². The van der Waals surface area contributed by atoms with Crippen LogP contribution in [-0.4, -0.2) is 63.4 Å². The maximum absolute atomic E-state index is 11.9. The highest BCUT2D eigenvalue weighted by molar-refractivity contribution is 6.22. The largest absolute Gasteiger partial charge is 0.393 e. The van der Waals surface area contributed by atoms with Crippen molar-refractivity contribution in [2.24, 2.45) is 5.41 Å². The van der Waals surface area contributed by atoms with Crippen LogP contribution in [0, 0.1) is 5.41 Å². The molecule has 9 heteroatoms. The van der Waals surface area contributed by atoms with Gasteiger partial charge in [0.25, 0.3) is 0 Å². The van der Waals surface area contributed by atoms with E-state index in [0.29, 0.717) is 19.3 Å². The van der Waals surface area contributed by atoms with Gasteiger partial charge in [-0.05, 0) is 33.6 Å². The van der Waals surface area contributed by atoms with E-state index in [9.17, 15) is 29.1 Å². The van der Waals surface area contributed by atoms with Crippen molar-refractivity contribution >= 4 is 29.3 Å². The predicted octanol–water partition coefficient (Wildman–Crippen LogP) is 3.38. The first-order chi connectivity index (χ1) is 17.0. The Balaban J connectivity index is 3.68. The summed E-state index contributed by atoms with van der Waals surface area (Å²) in [5.41, 5.74) is -1.45. The van der Waals surface area contributed by atoms with E-state index < -0.39 is 36.2 Å². The third-order valence-corrected chi connectivity index (χ3v) is 6.75. The number of esters is 2. The Labute approximate surface area is 215 Å². The second kappa shape index (κ2) is 19.2. The van der Waals surface area contributed by atoms with Crippen LogP contribution in [-0.2, 0) is 28.7 Å². The molecule has 3 N–H and O–H groups in total. The molecule has 2 atom stereocenters. The summed E-state index contributed by atoms with van der Waals surface area (Å²) in [6, 6.07) is 0. The van der Waals surface area contributed by atoms with Crippen LogP contribution in [0.1, 0.15) is 117 Å². The molecule has 0 aliphatic heterocycles. The van der Waals surface area contributed by atoms with Gasteiger partial charge in [-0.2, -0.15) is 0 Å². The zero-order chi connectivity index (χ0) is 27.6. The van der Waals surface area contributed by atoms with Crippen molar-refractivity contribution in [2.75, 3.05) is 6.61 Å². The van der Waals surface area contributed by atoms with Crippen LogP contribution < -0.4 is 0 Å². The average molecular weight is 515 g/mol. The third-order valence-electron chi connectivity index (χ3n) is 6.75. The third kappa shape index (κ3) is 12.8. The number of ether oxygens (including phenoxy) is 1. The first kappa shape index (κ1) is 34.0. The van der Waals surface area contributed by atoms with Crippen LogP contribution in [0.4, 0.5) is 0 Å². The Hall–Kier alpha value is -1.97. The molecule has 0 amide bonds. The summed E-state index contributed by atoms with van der Waals surface area (Å²) < 4.78 is 4.30. The molecule has 0 radical (unpaired) electrons. The van der Waals surface area contributed by atoms with Crippen molar-refractivity contribution < 1.29 is 44.0 Å². The van der Waals surface area contributed by atoms with Crippen LogP contribution >= 0.6 is 0 Å². The molecule has 0 saturated heterocycles. The standard InChI is InChI=1S/C27H46O9/c1-20(29)27(21(2)30,22(3)31)18-16-14-12-10-8-6-4-5-7-9-11-13-15-17-23(32)25(34)36-26(35)24(33)19-28/h23-24,28,32-33H,4-19H2,1-3H3. The molecule has 9 nitrogen and oxygen atoms in total. The molecule has 0 bridgehead atoms. The van der Waals surface area contributed by atoms with Crippen molar-refractivity contribution in [1.29, 1.82) is 0 Å². The van der Waals surface area contributed by atoms with E-state index >= 15 is 0 Å². The molecule has 0 aliphatic rings. The fourth-order valence-corrected chi connectivity index (χ4v) is 4.37. The summed E-state index contributed by atoms with van der Waals surface area (Å²) in [7, 11) is 0. The van der Waals surface area contributed by atoms with Gasteiger partial charge in [-0.15, -0.1) is 0 Å². The van der Waals surface area contributed by atoms with Crippen LogP contribution in [0.25, 0.3) is 0 Å². The fourth-order valence-electron chi connectivity index (χ4n) is 4.37. The zero-order valence-corrected chi connectivity index (χ0v) is 22.3. The van der Waals surface area contributed by atoms with Crippen LogP contribution in [0.3, 0.4) is 0 Å². The van der Waals surface area contributed by atoms with E-state index in [1.165, 1.54) is 27.2 Å². The predicted molar refractivity (Wildman–Crippen MR) is 134 cm³/mol. The number of Topliss-reactive ketones (excluding diaryl/α,β-unsaturated/α-hetero) is 3. The molecule has 2 unspecified atom stereocenters. The van der Waals surface area contributed by atoms with Crippen LogP contribution in [0.5, 0.6) is 0 Å². The Bertz CT molecular complexity index is 665. The Morgan fingerprint density at radius 2 is 0.917 bits per heavy atom. The summed E-state index contributed by atoms with van der Waals surface area (Å²) in [5, 5.41) is 27.4. The smallest absolute Gasteiger partial charge is 0.345 e. The van der Waals surface area contributed by atoms with Crippen molar-refractivity contribution in [1.82, 2.24) is 0 Å². The van der Waals surface area contributed by atoms with Crippen molar-refractivity contribution in [3.63, 3.8) is 0 Å². The molecule has 36 heavy (non-hydrogen) atoms. The Morgan fingerprint density at radius 1 is 0.583 bits per heavy atom. The number of aliphatic hydroxyl groups is 3. The molecule has 0 aliphatic carbocycles. The zero-order valence-electron chi connectivity index (χ0n) is 22.3. The molecule has 0 aromatic heterocycles. The van der Waals surface area contributed by atoms with E-state index in [2.05, 4.69) is 4.74 Å². The molecule has 0 fully saturated rings. The first-order valence-electron chi connectivity index (χ1n) is 13.3. The van der Waals surface area contributed by atoms with Gasteiger partial charge in [0.15, 0.2) is 29.6 Å². The summed E-state index contributed by atoms with van der Waals surface area (Å²) in [6.45, 7) is 3.13. The molecular formula is C27H46O9. The molecule has 0 heterocycles. The lowest BCUT2D eigenvalue weighted by atomic mass is 9.73. The molecule has 0 aromatic rings. The second-order valence-electron chi connectivity index (χ2n) is 9.66. The normalized spacial score (nSPS) is 13.2. The van der Waals surface area contributed by atoms with Gasteiger partial charge in [-0.1, -0.05) is 83.5 Å². The number of carbonyl (C=O) groups excluding carboxylic acids is 5. The quantitative estimate of drug-likeness (QED) is 0.112. The number of rotatable bonds is 22. The second-order valence-corrected chi connectivity index (χ2v) is 9.66. The summed E-state index contributed by atoms with van der Waals surface area (Å²) in [5.74, 6) is -3.43. The van der Waals surface area contributed by atoms with Gasteiger partial charge in [0.05, 0.1) is 6.61 Å². The molecular weight excluding hydrogens is 468 g/mol. The minimum absolute atomic E-state index is 0.181. The number of hydrogen-bond acceptors (Lipinski definition) is 9. The number of aliphatic hydroxyl groups excluding tert-OH is 3. The molecule has 208 valence electrons. The van der Waals surface area contributed by atoms with Gasteiger partial charge in [-0.25, -0.2) is 9.59 Å². The number of ketones is 3. The maximum Gasteiger partial charge on any atom is 0.345 e. The topological polar surface area (TPSA) is 155 Å². The van der Waals surface area contributed by atoms with Gasteiger partial charge in [-0.3, -0.25) is 14.4 Å². The highest BCUT2D eigenvalue weighted by Gasteiger charge is 2.44. The highest BCUT2D eigenvalue weighted by atomic mass is 16.6. The molecule has 0 saturated carbocycles. The first-order valence-corrected chi connectivity index (χ1v) is 13.3. The monoisotopic (exact) mass is 514 g/mol. The summed E-state index contributed by atoms with van der Waals surface area (Å²) in [4.78, 5) is 58.5. The molecule has 0 spiro atoms. The minimum Gasteiger partial charge on any atom is -0.393 e. The Kier molecular flexibility index (Phi) is 18.1. The van der Waals surface area contributed by atoms with E-state index in [-0.39, 0.29) is 23.8 Å². The number of carbonyl (C=O) groups is 5. The lowest BCUT2D eigenvalue weighted by Gasteiger charge is -2.25. The highest BCUT2D eigenvalue weighted by Crippen LogP contribution is 2.29. The van der Waals surface area contributed by atoms with Gasteiger partial charge in [0.1, 0.15) is 5.41 Å². The van der Waals surface area contributed by atoms with Crippen molar-refractivity contribution in [2.45, 2.75) is 129 Å². The van der Waals surface area contributed by atoms with Gasteiger partial charge in [0, 0.05) is 0 Å². The SMILES string of the molecule is CC(=O)C(CCCCCCCCCCCCCCCC(O)C(=O)OC(=O)C(O)CO)(C(C)=O)C(C)=O. The van der Waals surface area contributed by atoms with Crippen molar-refractivity contribution in [3.05, 3.63) is 0 Å². The van der Waals surface area contributed by atoms with Crippen LogP contribution in [0.15, 0.2) is 0 Å². The van der Waals surface area contributed by atoms with E-state index in [1.807, 2.05) is 0 Å². The van der Waals surface area contributed by atoms with Gasteiger partial charge in [0.2, 0.25) is 0 Å². The summed E-state index contributed by atoms with van der Waals surface area (Å²) in [6.07, 6.45) is 10.3. The maximum atomic E-state index is 11.9. The average Bonchev–Trinajstić information content (AvgIpc) is 2.82. The fraction of sp³-hybridized carbons (Fsp3) is 0.815. The lowest BCUT2D eigenvalue weighted by Crippen LogP contribution is -2.43. The minimum atomic E-state index is -1.78. The number of unbranched alkanes of at least 4 members (excludes halogenated alkanes) is 12. The van der Waals surface area contributed by atoms with E-state index in [1.54, 1.807) is 0 Å². The van der Waals surface area contributed by atoms with Crippen molar-refractivity contribution in [3.8, 4) is 0 Å². The Morgan fingerprint density at radius 3 is 1.28 bits per heavy atom. The van der Waals surface area contributed by atoms with Gasteiger partial charge < -0.3 is 20.1 Å². The van der Waals surface area contributed by atoms with Gasteiger partial charge >= 0.3 is 11.9 Å². The lowest BCUT2D eigenvalue weighted by molar-refractivity contribution is -0.172. The molecule has 0 rings (SSSR count). The van der Waals surface area contributed by atoms with E-state index in [0.717, 1.165) is 64.2 Å². The molecule has 0 aromatic carbocycles.